The van der Waals surface area contributed by atoms with Crippen LogP contribution in [-0.2, 0) is 13.0 Å². The number of hydrogen-bond acceptors (Lipinski definition) is 4. The number of nitrogens with zero attached hydrogens (tertiary/aromatic N) is 2. The van der Waals surface area contributed by atoms with E-state index in [2.05, 4.69) is 53.2 Å². The molecular weight excluding hydrogens is 346 g/mol. The largest absolute Gasteiger partial charge is 0.444 e. The van der Waals surface area contributed by atoms with Crippen molar-refractivity contribution < 1.29 is 4.42 Å². The van der Waals surface area contributed by atoms with Gasteiger partial charge in [0.2, 0.25) is 5.89 Å². The molecule has 138 valence electrons. The molecule has 2 N–H and O–H groups in total. The van der Waals surface area contributed by atoms with E-state index in [4.69, 9.17) is 10.2 Å². The molecule has 0 spiro atoms. The fourth-order valence-electron chi connectivity index (χ4n) is 2.82. The first-order valence-corrected chi connectivity index (χ1v) is 8.72. The van der Waals surface area contributed by atoms with Gasteiger partial charge < -0.3 is 10.2 Å². The van der Waals surface area contributed by atoms with Crippen LogP contribution < -0.4 is 5.73 Å². The number of aromatic nitrogens is 1. The van der Waals surface area contributed by atoms with Gasteiger partial charge in [0.1, 0.15) is 6.26 Å². The molecule has 0 bridgehead atoms. The van der Waals surface area contributed by atoms with Crippen LogP contribution in [0.15, 0.2) is 65.3 Å². The molecule has 0 saturated heterocycles. The summed E-state index contributed by atoms with van der Waals surface area (Å²) in [6.45, 7) is 5.26. The van der Waals surface area contributed by atoms with Crippen molar-refractivity contribution >= 4 is 12.4 Å². The molecule has 3 rings (SSSR count). The summed E-state index contributed by atoms with van der Waals surface area (Å²) in [4.78, 5) is 6.96. The SMILES string of the molecule is Cc1ccc(-c2nc(CN(CCN)CCc3ccccc3)co2)cc1.Cl. The van der Waals surface area contributed by atoms with Crippen molar-refractivity contribution in [1.29, 1.82) is 0 Å². The van der Waals surface area contributed by atoms with Crippen LogP contribution in [-0.4, -0.2) is 29.5 Å². The third-order valence-corrected chi connectivity index (χ3v) is 4.24. The highest BCUT2D eigenvalue weighted by molar-refractivity contribution is 5.85. The van der Waals surface area contributed by atoms with E-state index in [0.717, 1.165) is 37.3 Å². The smallest absolute Gasteiger partial charge is 0.226 e. The van der Waals surface area contributed by atoms with E-state index in [0.29, 0.717) is 12.4 Å². The molecule has 5 heteroatoms. The van der Waals surface area contributed by atoms with Crippen molar-refractivity contribution in [3.8, 4) is 11.5 Å². The van der Waals surface area contributed by atoms with Crippen LogP contribution >= 0.6 is 12.4 Å². The van der Waals surface area contributed by atoms with E-state index in [9.17, 15) is 0 Å². The lowest BCUT2D eigenvalue weighted by Crippen LogP contribution is -2.31. The first-order valence-electron chi connectivity index (χ1n) is 8.72. The summed E-state index contributed by atoms with van der Waals surface area (Å²) in [7, 11) is 0. The van der Waals surface area contributed by atoms with Gasteiger partial charge in [-0.05, 0) is 31.0 Å². The van der Waals surface area contributed by atoms with E-state index in [1.807, 2.05) is 18.2 Å². The lowest BCUT2D eigenvalue weighted by Gasteiger charge is -2.20. The number of nitrogens with two attached hydrogens (primary N) is 1. The summed E-state index contributed by atoms with van der Waals surface area (Å²) < 4.78 is 5.66. The molecule has 1 aromatic heterocycles. The Morgan fingerprint density at radius 3 is 2.42 bits per heavy atom. The second-order valence-electron chi connectivity index (χ2n) is 6.31. The van der Waals surface area contributed by atoms with Gasteiger partial charge in [-0.1, -0.05) is 48.0 Å². The molecule has 0 fully saturated rings. The Morgan fingerprint density at radius 2 is 1.73 bits per heavy atom. The molecule has 2 aromatic carbocycles. The van der Waals surface area contributed by atoms with Crippen LogP contribution in [0.5, 0.6) is 0 Å². The predicted octanol–water partition coefficient (Wildman–Crippen LogP) is 4.08. The second-order valence-corrected chi connectivity index (χ2v) is 6.31. The van der Waals surface area contributed by atoms with E-state index in [1.54, 1.807) is 6.26 Å². The van der Waals surface area contributed by atoms with Gasteiger partial charge in [-0.2, -0.15) is 0 Å². The number of halogens is 1. The number of hydrogen-bond donors (Lipinski definition) is 1. The van der Waals surface area contributed by atoms with E-state index in [-0.39, 0.29) is 12.4 Å². The van der Waals surface area contributed by atoms with Gasteiger partial charge in [-0.3, -0.25) is 4.90 Å². The van der Waals surface area contributed by atoms with Gasteiger partial charge in [0.05, 0.1) is 5.69 Å². The lowest BCUT2D eigenvalue weighted by molar-refractivity contribution is 0.273. The maximum atomic E-state index is 5.78. The van der Waals surface area contributed by atoms with Gasteiger partial charge in [-0.15, -0.1) is 12.4 Å². The van der Waals surface area contributed by atoms with Crippen LogP contribution in [0.2, 0.25) is 0 Å². The van der Waals surface area contributed by atoms with Crippen molar-refractivity contribution in [1.82, 2.24) is 9.88 Å². The third-order valence-electron chi connectivity index (χ3n) is 4.24. The second kappa shape index (κ2) is 10.1. The van der Waals surface area contributed by atoms with Gasteiger partial charge >= 0.3 is 0 Å². The summed E-state index contributed by atoms with van der Waals surface area (Å²) >= 11 is 0. The first-order chi connectivity index (χ1) is 12.2. The number of oxazole rings is 1. The first kappa shape index (κ1) is 20.2. The maximum absolute atomic E-state index is 5.78. The molecule has 4 nitrogen and oxygen atoms in total. The van der Waals surface area contributed by atoms with Crippen LogP contribution in [0.4, 0.5) is 0 Å². The van der Waals surface area contributed by atoms with Crippen molar-refractivity contribution in [3.05, 3.63) is 77.7 Å². The summed E-state index contributed by atoms with van der Waals surface area (Å²) in [6.07, 6.45) is 2.75. The Morgan fingerprint density at radius 1 is 1.00 bits per heavy atom. The van der Waals surface area contributed by atoms with Crippen molar-refractivity contribution in [2.75, 3.05) is 19.6 Å². The Bertz CT molecular complexity index is 771. The van der Waals surface area contributed by atoms with Crippen molar-refractivity contribution in [3.63, 3.8) is 0 Å². The normalized spacial score (nSPS) is 10.7. The molecular formula is C21H26ClN3O. The zero-order valence-electron chi connectivity index (χ0n) is 15.1. The highest BCUT2D eigenvalue weighted by Crippen LogP contribution is 2.19. The molecule has 3 aromatic rings. The number of benzene rings is 2. The number of aryl methyl sites for hydroxylation is 1. The van der Waals surface area contributed by atoms with E-state index >= 15 is 0 Å². The topological polar surface area (TPSA) is 55.3 Å². The van der Waals surface area contributed by atoms with E-state index in [1.165, 1.54) is 11.1 Å². The Hall–Kier alpha value is -2.14. The van der Waals surface area contributed by atoms with Crippen molar-refractivity contribution in [2.24, 2.45) is 5.73 Å². The number of rotatable bonds is 8. The minimum atomic E-state index is 0. The van der Waals surface area contributed by atoms with Crippen LogP contribution in [0, 0.1) is 6.92 Å². The highest BCUT2D eigenvalue weighted by Gasteiger charge is 2.11. The summed E-state index contributed by atoms with van der Waals surface area (Å²) in [5.41, 5.74) is 10.3. The summed E-state index contributed by atoms with van der Waals surface area (Å²) in [5, 5.41) is 0. The van der Waals surface area contributed by atoms with Gasteiger partial charge in [0.25, 0.3) is 0 Å². The molecule has 0 aliphatic carbocycles. The van der Waals surface area contributed by atoms with Gasteiger partial charge in [0.15, 0.2) is 0 Å². The molecule has 0 aliphatic rings. The molecule has 0 amide bonds. The standard InChI is InChI=1S/C21H25N3O.ClH/c1-17-7-9-19(10-8-17)21-23-20(16-25-21)15-24(14-12-22)13-11-18-5-3-2-4-6-18;/h2-10,16H,11-15,22H2,1H3;1H. The van der Waals surface area contributed by atoms with E-state index < -0.39 is 0 Å². The Kier molecular flexibility index (Phi) is 7.85. The lowest BCUT2D eigenvalue weighted by atomic mass is 10.1. The molecule has 26 heavy (non-hydrogen) atoms. The minimum Gasteiger partial charge on any atom is -0.444 e. The van der Waals surface area contributed by atoms with Crippen LogP contribution in [0.3, 0.4) is 0 Å². The fraction of sp³-hybridized carbons (Fsp3) is 0.286. The Labute approximate surface area is 161 Å². The van der Waals surface area contributed by atoms with Crippen molar-refractivity contribution in [2.45, 2.75) is 19.9 Å². The summed E-state index contributed by atoms with van der Waals surface area (Å²) in [5.74, 6) is 0.672. The monoisotopic (exact) mass is 371 g/mol. The van der Waals surface area contributed by atoms with Crippen LogP contribution in [0.25, 0.3) is 11.5 Å². The summed E-state index contributed by atoms with van der Waals surface area (Å²) in [6, 6.07) is 18.7. The fourth-order valence-corrected chi connectivity index (χ4v) is 2.82. The average molecular weight is 372 g/mol. The van der Waals surface area contributed by atoms with Gasteiger partial charge in [-0.25, -0.2) is 4.98 Å². The molecule has 0 atom stereocenters. The molecule has 0 saturated carbocycles. The Balaban J connectivity index is 0.00000243. The zero-order valence-corrected chi connectivity index (χ0v) is 15.9. The minimum absolute atomic E-state index is 0. The molecule has 1 heterocycles. The van der Waals surface area contributed by atoms with Gasteiger partial charge in [0, 0.05) is 31.7 Å². The zero-order chi connectivity index (χ0) is 17.5. The molecule has 0 aliphatic heterocycles. The quantitative estimate of drug-likeness (QED) is 0.648. The maximum Gasteiger partial charge on any atom is 0.226 e. The predicted molar refractivity (Wildman–Crippen MR) is 108 cm³/mol. The molecule has 0 unspecified atom stereocenters. The third kappa shape index (κ3) is 5.70. The average Bonchev–Trinajstić information content (AvgIpc) is 3.10. The highest BCUT2D eigenvalue weighted by atomic mass is 35.5. The molecule has 0 radical (unpaired) electrons. The van der Waals surface area contributed by atoms with Crippen LogP contribution in [0.1, 0.15) is 16.8 Å².